The molecule has 0 fully saturated rings. The molecule has 2 nitrogen and oxygen atoms in total. The summed E-state index contributed by atoms with van der Waals surface area (Å²) in [4.78, 5) is 2.00. The van der Waals surface area contributed by atoms with E-state index in [9.17, 15) is 13.2 Å². The maximum atomic E-state index is 12.6. The van der Waals surface area contributed by atoms with Crippen LogP contribution in [0.15, 0.2) is 18.2 Å². The number of hydrogen-bond acceptors (Lipinski definition) is 2. The van der Waals surface area contributed by atoms with Crippen molar-refractivity contribution in [3.05, 3.63) is 29.3 Å². The zero-order chi connectivity index (χ0) is 13.1. The van der Waals surface area contributed by atoms with Gasteiger partial charge in [0.2, 0.25) is 0 Å². The zero-order valence-electron chi connectivity index (χ0n) is 10.0. The Kier molecular flexibility index (Phi) is 4.40. The van der Waals surface area contributed by atoms with E-state index in [2.05, 4.69) is 0 Å². The Morgan fingerprint density at radius 3 is 2.41 bits per heavy atom. The molecule has 0 aliphatic carbocycles. The number of nitrogen functional groups attached to an aromatic ring is 1. The molecule has 0 atom stereocenters. The van der Waals surface area contributed by atoms with E-state index in [1.54, 1.807) is 6.07 Å². The van der Waals surface area contributed by atoms with Crippen LogP contribution in [-0.2, 0) is 12.6 Å². The fourth-order valence-corrected chi connectivity index (χ4v) is 1.60. The molecule has 17 heavy (non-hydrogen) atoms. The Hall–Kier alpha value is -1.23. The van der Waals surface area contributed by atoms with Crippen molar-refractivity contribution >= 4 is 5.69 Å². The van der Waals surface area contributed by atoms with Crippen LogP contribution < -0.4 is 5.73 Å². The maximum absolute atomic E-state index is 12.6. The molecule has 1 aromatic carbocycles. The molecule has 0 spiro atoms. The highest BCUT2D eigenvalue weighted by Crippen LogP contribution is 2.34. The molecule has 1 aromatic rings. The summed E-state index contributed by atoms with van der Waals surface area (Å²) < 4.78 is 37.8. The van der Waals surface area contributed by atoms with Gasteiger partial charge in [-0.2, -0.15) is 13.2 Å². The quantitative estimate of drug-likeness (QED) is 0.828. The van der Waals surface area contributed by atoms with E-state index in [1.165, 1.54) is 6.07 Å². The fourth-order valence-electron chi connectivity index (χ4n) is 1.60. The second-order valence-corrected chi connectivity index (χ2v) is 4.33. The molecule has 1 rings (SSSR count). The molecule has 0 saturated carbocycles. The normalized spacial score (nSPS) is 12.1. The number of rotatable bonds is 4. The lowest BCUT2D eigenvalue weighted by atomic mass is 10.0. The Morgan fingerprint density at radius 1 is 1.24 bits per heavy atom. The molecular formula is C12H17F3N2. The van der Waals surface area contributed by atoms with Gasteiger partial charge in [-0.25, -0.2) is 0 Å². The molecule has 2 N–H and O–H groups in total. The van der Waals surface area contributed by atoms with Gasteiger partial charge in [0.25, 0.3) is 0 Å². The van der Waals surface area contributed by atoms with E-state index in [0.29, 0.717) is 12.0 Å². The van der Waals surface area contributed by atoms with Crippen molar-refractivity contribution in [2.24, 2.45) is 0 Å². The van der Waals surface area contributed by atoms with Gasteiger partial charge in [0.05, 0.1) is 5.56 Å². The third kappa shape index (κ3) is 4.26. The minimum Gasteiger partial charge on any atom is -0.398 e. The third-order valence-electron chi connectivity index (χ3n) is 2.49. The number of nitrogens with zero attached hydrogens (tertiary/aromatic N) is 1. The number of halogens is 3. The monoisotopic (exact) mass is 246 g/mol. The summed E-state index contributed by atoms with van der Waals surface area (Å²) in [5.74, 6) is 0. The predicted molar refractivity (Wildman–Crippen MR) is 62.7 cm³/mol. The molecule has 0 heterocycles. The average Bonchev–Trinajstić information content (AvgIpc) is 2.18. The molecule has 96 valence electrons. The van der Waals surface area contributed by atoms with Crippen LogP contribution in [-0.4, -0.2) is 25.5 Å². The van der Waals surface area contributed by atoms with Crippen LogP contribution in [0.4, 0.5) is 18.9 Å². The Morgan fingerprint density at radius 2 is 1.88 bits per heavy atom. The van der Waals surface area contributed by atoms with E-state index < -0.39 is 11.7 Å². The Labute approximate surface area is 99.2 Å². The van der Waals surface area contributed by atoms with Crippen molar-refractivity contribution in [1.29, 1.82) is 0 Å². The van der Waals surface area contributed by atoms with Gasteiger partial charge in [-0.3, -0.25) is 0 Å². The van der Waals surface area contributed by atoms with Crippen molar-refractivity contribution in [3.63, 3.8) is 0 Å². The first kappa shape index (κ1) is 13.8. The highest BCUT2D eigenvalue weighted by Gasteiger charge is 2.32. The van der Waals surface area contributed by atoms with E-state index in [4.69, 9.17) is 5.73 Å². The van der Waals surface area contributed by atoms with Crippen LogP contribution in [0.3, 0.4) is 0 Å². The highest BCUT2D eigenvalue weighted by atomic mass is 19.4. The second-order valence-electron chi connectivity index (χ2n) is 4.33. The van der Waals surface area contributed by atoms with Gasteiger partial charge < -0.3 is 10.6 Å². The molecule has 0 unspecified atom stereocenters. The molecule has 0 saturated heterocycles. The molecule has 5 heteroatoms. The minimum atomic E-state index is -4.37. The summed E-state index contributed by atoms with van der Waals surface area (Å²) in [6.45, 7) is 0.853. The van der Waals surface area contributed by atoms with Crippen molar-refractivity contribution in [1.82, 2.24) is 4.90 Å². The van der Waals surface area contributed by atoms with Crippen LogP contribution in [0.5, 0.6) is 0 Å². The molecule has 0 aliphatic heterocycles. The summed E-state index contributed by atoms with van der Waals surface area (Å²) >= 11 is 0. The molecular weight excluding hydrogens is 229 g/mol. The lowest BCUT2D eigenvalue weighted by molar-refractivity contribution is -0.136. The number of anilines is 1. The summed E-state index contributed by atoms with van der Waals surface area (Å²) in [6, 6.07) is 4.12. The second kappa shape index (κ2) is 5.40. The van der Waals surface area contributed by atoms with Gasteiger partial charge in [0, 0.05) is 5.69 Å². The van der Waals surface area contributed by atoms with Crippen molar-refractivity contribution in [2.75, 3.05) is 26.4 Å². The smallest absolute Gasteiger partial charge is 0.398 e. The van der Waals surface area contributed by atoms with Gasteiger partial charge in [0.1, 0.15) is 0 Å². The lowest BCUT2D eigenvalue weighted by Gasteiger charge is -2.13. The minimum absolute atomic E-state index is 0.214. The lowest BCUT2D eigenvalue weighted by Crippen LogP contribution is -2.14. The van der Waals surface area contributed by atoms with Crippen LogP contribution >= 0.6 is 0 Å². The largest absolute Gasteiger partial charge is 0.418 e. The van der Waals surface area contributed by atoms with Gasteiger partial charge in [-0.05, 0) is 51.2 Å². The first-order valence-electron chi connectivity index (χ1n) is 5.41. The Balaban J connectivity index is 2.76. The maximum Gasteiger partial charge on any atom is 0.418 e. The summed E-state index contributed by atoms with van der Waals surface area (Å²) in [7, 11) is 3.87. The van der Waals surface area contributed by atoms with Crippen LogP contribution in [0.25, 0.3) is 0 Å². The number of alkyl halides is 3. The first-order valence-corrected chi connectivity index (χ1v) is 5.41. The summed E-state index contributed by atoms with van der Waals surface area (Å²) in [5, 5.41) is 0. The van der Waals surface area contributed by atoms with Crippen molar-refractivity contribution in [2.45, 2.75) is 19.0 Å². The molecule has 0 amide bonds. The molecule has 0 aromatic heterocycles. The van der Waals surface area contributed by atoms with Crippen molar-refractivity contribution in [3.8, 4) is 0 Å². The number of aryl methyl sites for hydroxylation is 1. The van der Waals surface area contributed by atoms with Crippen LogP contribution in [0.1, 0.15) is 17.5 Å². The first-order chi connectivity index (χ1) is 7.80. The highest BCUT2D eigenvalue weighted by molar-refractivity contribution is 5.50. The van der Waals surface area contributed by atoms with Crippen LogP contribution in [0.2, 0.25) is 0 Å². The molecule has 0 bridgehead atoms. The zero-order valence-corrected chi connectivity index (χ0v) is 10.0. The van der Waals surface area contributed by atoms with E-state index in [1.807, 2.05) is 19.0 Å². The van der Waals surface area contributed by atoms with E-state index in [0.717, 1.165) is 19.0 Å². The topological polar surface area (TPSA) is 29.3 Å². The third-order valence-corrected chi connectivity index (χ3v) is 2.49. The SMILES string of the molecule is CN(C)CCCc1ccc(N)c(C(F)(F)F)c1. The predicted octanol–water partition coefficient (Wildman–Crippen LogP) is 2.78. The van der Waals surface area contributed by atoms with Gasteiger partial charge >= 0.3 is 6.18 Å². The van der Waals surface area contributed by atoms with E-state index in [-0.39, 0.29) is 5.69 Å². The van der Waals surface area contributed by atoms with Gasteiger partial charge in [-0.15, -0.1) is 0 Å². The Bertz CT molecular complexity index is 373. The van der Waals surface area contributed by atoms with Gasteiger partial charge in [0.15, 0.2) is 0 Å². The molecule has 0 aliphatic rings. The molecule has 0 radical (unpaired) electrons. The van der Waals surface area contributed by atoms with Crippen LogP contribution in [0, 0.1) is 0 Å². The van der Waals surface area contributed by atoms with Crippen molar-refractivity contribution < 1.29 is 13.2 Å². The summed E-state index contributed by atoms with van der Waals surface area (Å²) in [5.41, 5.74) is 5.05. The average molecular weight is 246 g/mol. The van der Waals surface area contributed by atoms with E-state index >= 15 is 0 Å². The standard InChI is InChI=1S/C12H17F3N2/c1-17(2)7-3-4-9-5-6-11(16)10(8-9)12(13,14)15/h5-6,8H,3-4,7,16H2,1-2H3. The number of benzene rings is 1. The fraction of sp³-hybridized carbons (Fsp3) is 0.500. The number of nitrogens with two attached hydrogens (primary N) is 1. The van der Waals surface area contributed by atoms with Gasteiger partial charge in [-0.1, -0.05) is 6.07 Å². The number of hydrogen-bond donors (Lipinski definition) is 1. The summed E-state index contributed by atoms with van der Waals surface area (Å²) in [6.07, 6.45) is -2.92.